The molecule has 7 heteroatoms. The van der Waals surface area contributed by atoms with Crippen molar-refractivity contribution in [2.24, 2.45) is 0 Å². The summed E-state index contributed by atoms with van der Waals surface area (Å²) in [5.41, 5.74) is 0.0387. The van der Waals surface area contributed by atoms with Gasteiger partial charge in [-0.15, -0.1) is 0 Å². The first-order valence-electron chi connectivity index (χ1n) is 5.05. The van der Waals surface area contributed by atoms with Gasteiger partial charge in [0.15, 0.2) is 0 Å². The summed E-state index contributed by atoms with van der Waals surface area (Å²) in [4.78, 5) is 29.9. The quantitative estimate of drug-likeness (QED) is 0.824. The van der Waals surface area contributed by atoms with Gasteiger partial charge < -0.3 is 10.4 Å². The van der Waals surface area contributed by atoms with Crippen LogP contribution in [0, 0.1) is 0 Å². The van der Waals surface area contributed by atoms with E-state index in [-0.39, 0.29) is 10.8 Å². The van der Waals surface area contributed by atoms with Crippen molar-refractivity contribution < 1.29 is 14.7 Å². The lowest BCUT2D eigenvalue weighted by atomic mass is 10.1. The minimum atomic E-state index is -1.07. The molecule has 0 saturated carbocycles. The van der Waals surface area contributed by atoms with Crippen LogP contribution in [0.4, 0.5) is 0 Å². The molecule has 1 rings (SSSR count). The Labute approximate surface area is 103 Å². The van der Waals surface area contributed by atoms with Crippen molar-refractivity contribution in [3.8, 4) is 0 Å². The molecule has 6 nitrogen and oxygen atoms in total. The van der Waals surface area contributed by atoms with Gasteiger partial charge in [0.2, 0.25) is 0 Å². The monoisotopic (exact) mass is 257 g/mol. The van der Waals surface area contributed by atoms with Gasteiger partial charge in [-0.2, -0.15) is 0 Å². The van der Waals surface area contributed by atoms with Crippen LogP contribution in [-0.2, 0) is 4.79 Å². The first-order chi connectivity index (χ1) is 8.04. The van der Waals surface area contributed by atoms with Crippen LogP contribution in [0.3, 0.4) is 0 Å². The van der Waals surface area contributed by atoms with Crippen LogP contribution in [0.25, 0.3) is 0 Å². The Morgan fingerprint density at radius 2 is 2.18 bits per heavy atom. The summed E-state index contributed by atoms with van der Waals surface area (Å²) in [6.07, 6.45) is 3.44. The Kier molecular flexibility index (Phi) is 4.84. The van der Waals surface area contributed by atoms with E-state index in [1.165, 1.54) is 12.4 Å². The highest BCUT2D eigenvalue weighted by atomic mass is 35.5. The molecule has 1 unspecified atom stereocenters. The van der Waals surface area contributed by atoms with Crippen LogP contribution in [0.2, 0.25) is 5.15 Å². The molecule has 17 heavy (non-hydrogen) atoms. The highest BCUT2D eigenvalue weighted by molar-refractivity contribution is 6.29. The molecule has 0 radical (unpaired) electrons. The molecule has 0 fully saturated rings. The zero-order chi connectivity index (χ0) is 12.8. The maximum Gasteiger partial charge on any atom is 0.326 e. The van der Waals surface area contributed by atoms with Gasteiger partial charge in [-0.3, -0.25) is 4.79 Å². The summed E-state index contributed by atoms with van der Waals surface area (Å²) in [5, 5.41) is 11.4. The predicted molar refractivity (Wildman–Crippen MR) is 60.8 cm³/mol. The van der Waals surface area contributed by atoms with Crippen molar-refractivity contribution in [3.63, 3.8) is 0 Å². The predicted octanol–water partition coefficient (Wildman–Crippen LogP) is 1.11. The summed E-state index contributed by atoms with van der Waals surface area (Å²) in [6.45, 7) is 1.84. The molecule has 0 bridgehead atoms. The minimum absolute atomic E-state index is 0.0387. The third kappa shape index (κ3) is 3.99. The van der Waals surface area contributed by atoms with Crippen molar-refractivity contribution in [2.45, 2.75) is 25.8 Å². The smallest absolute Gasteiger partial charge is 0.326 e. The van der Waals surface area contributed by atoms with E-state index in [9.17, 15) is 9.59 Å². The molecule has 0 aliphatic heterocycles. The molecule has 1 amide bonds. The summed E-state index contributed by atoms with van der Waals surface area (Å²) in [5.74, 6) is -1.64. The maximum absolute atomic E-state index is 11.6. The summed E-state index contributed by atoms with van der Waals surface area (Å²) < 4.78 is 0. The fraction of sp³-hybridized carbons (Fsp3) is 0.400. The number of hydrogen-bond donors (Lipinski definition) is 2. The van der Waals surface area contributed by atoms with Crippen LogP contribution >= 0.6 is 11.6 Å². The topological polar surface area (TPSA) is 92.2 Å². The number of halogens is 1. The highest BCUT2D eigenvalue weighted by Gasteiger charge is 2.20. The number of nitrogens with one attached hydrogen (secondary N) is 1. The van der Waals surface area contributed by atoms with Crippen molar-refractivity contribution >= 4 is 23.5 Å². The maximum atomic E-state index is 11.6. The average molecular weight is 258 g/mol. The minimum Gasteiger partial charge on any atom is -0.480 e. The number of hydrogen-bond acceptors (Lipinski definition) is 4. The van der Waals surface area contributed by atoms with E-state index in [0.29, 0.717) is 12.8 Å². The number of rotatable bonds is 5. The zero-order valence-electron chi connectivity index (χ0n) is 9.18. The van der Waals surface area contributed by atoms with Crippen molar-refractivity contribution in [1.29, 1.82) is 0 Å². The fourth-order valence-corrected chi connectivity index (χ4v) is 1.31. The molecule has 92 valence electrons. The standard InChI is InChI=1S/C10H12ClN3O3/c1-2-3-6(10(16)17)14-9(15)7-4-13-8(11)5-12-7/h4-6H,2-3H2,1H3,(H,14,15)(H,16,17). The number of nitrogens with zero attached hydrogens (tertiary/aromatic N) is 2. The van der Waals surface area contributed by atoms with Crippen LogP contribution in [0.15, 0.2) is 12.4 Å². The highest BCUT2D eigenvalue weighted by Crippen LogP contribution is 2.03. The van der Waals surface area contributed by atoms with Gasteiger partial charge in [-0.1, -0.05) is 24.9 Å². The molecule has 1 heterocycles. The van der Waals surface area contributed by atoms with E-state index in [1.54, 1.807) is 0 Å². The lowest BCUT2D eigenvalue weighted by Gasteiger charge is -2.12. The Bertz CT molecular complexity index is 408. The first-order valence-corrected chi connectivity index (χ1v) is 5.43. The molecule has 0 aromatic carbocycles. The molecule has 1 atom stereocenters. The molecular weight excluding hydrogens is 246 g/mol. The Balaban J connectivity index is 2.70. The van der Waals surface area contributed by atoms with Crippen LogP contribution in [0.5, 0.6) is 0 Å². The van der Waals surface area contributed by atoms with E-state index in [4.69, 9.17) is 16.7 Å². The van der Waals surface area contributed by atoms with E-state index in [1.807, 2.05) is 6.92 Å². The van der Waals surface area contributed by atoms with Gasteiger partial charge in [0.25, 0.3) is 5.91 Å². The number of carbonyl (C=O) groups is 2. The molecule has 0 saturated heterocycles. The van der Waals surface area contributed by atoms with E-state index in [2.05, 4.69) is 15.3 Å². The summed E-state index contributed by atoms with van der Waals surface area (Å²) in [6, 6.07) is -0.912. The molecule has 0 aliphatic carbocycles. The summed E-state index contributed by atoms with van der Waals surface area (Å²) in [7, 11) is 0. The second-order valence-electron chi connectivity index (χ2n) is 3.38. The number of amides is 1. The third-order valence-corrected chi connectivity index (χ3v) is 2.23. The van der Waals surface area contributed by atoms with Crippen LogP contribution in [0.1, 0.15) is 30.3 Å². The second kappa shape index (κ2) is 6.15. The molecule has 0 aliphatic rings. The molecule has 1 aromatic heterocycles. The Morgan fingerprint density at radius 3 is 2.65 bits per heavy atom. The van der Waals surface area contributed by atoms with Crippen molar-refractivity contribution in [2.75, 3.05) is 0 Å². The molecular formula is C10H12ClN3O3. The molecule has 2 N–H and O–H groups in total. The summed E-state index contributed by atoms with van der Waals surface area (Å²) >= 11 is 5.52. The van der Waals surface area contributed by atoms with Gasteiger partial charge in [0, 0.05) is 0 Å². The number of aliphatic carboxylic acids is 1. The lowest BCUT2D eigenvalue weighted by molar-refractivity contribution is -0.139. The SMILES string of the molecule is CCCC(NC(=O)c1cnc(Cl)cn1)C(=O)O. The first kappa shape index (κ1) is 13.4. The Hall–Kier alpha value is -1.69. The normalized spacial score (nSPS) is 11.9. The van der Waals surface area contributed by atoms with Gasteiger partial charge >= 0.3 is 5.97 Å². The van der Waals surface area contributed by atoms with Crippen LogP contribution < -0.4 is 5.32 Å². The number of carboxylic acid groups (broad SMARTS) is 1. The van der Waals surface area contributed by atoms with Gasteiger partial charge in [-0.25, -0.2) is 14.8 Å². The number of carboxylic acids is 1. The average Bonchev–Trinajstić information content (AvgIpc) is 2.29. The second-order valence-corrected chi connectivity index (χ2v) is 3.76. The zero-order valence-corrected chi connectivity index (χ0v) is 9.94. The van der Waals surface area contributed by atoms with E-state index in [0.717, 1.165) is 0 Å². The molecule has 1 aromatic rings. The van der Waals surface area contributed by atoms with Gasteiger partial charge in [-0.05, 0) is 6.42 Å². The Morgan fingerprint density at radius 1 is 1.47 bits per heavy atom. The fourth-order valence-electron chi connectivity index (χ4n) is 1.21. The van der Waals surface area contributed by atoms with Crippen molar-refractivity contribution in [1.82, 2.24) is 15.3 Å². The number of carbonyl (C=O) groups excluding carboxylic acids is 1. The van der Waals surface area contributed by atoms with Gasteiger partial charge in [0.05, 0.1) is 12.4 Å². The van der Waals surface area contributed by atoms with Crippen LogP contribution in [-0.4, -0.2) is 33.0 Å². The van der Waals surface area contributed by atoms with E-state index < -0.39 is 17.9 Å². The van der Waals surface area contributed by atoms with Gasteiger partial charge in [0.1, 0.15) is 16.9 Å². The lowest BCUT2D eigenvalue weighted by Crippen LogP contribution is -2.41. The third-order valence-electron chi connectivity index (χ3n) is 2.03. The number of aromatic nitrogens is 2. The van der Waals surface area contributed by atoms with Crippen molar-refractivity contribution in [3.05, 3.63) is 23.2 Å². The molecule has 0 spiro atoms. The van der Waals surface area contributed by atoms with E-state index >= 15 is 0 Å². The largest absolute Gasteiger partial charge is 0.480 e.